The molecule has 15 heavy (non-hydrogen) atoms. The van der Waals surface area contributed by atoms with Crippen LogP contribution >= 0.6 is 0 Å². The molecule has 2 aromatic rings. The molecule has 0 saturated heterocycles. The van der Waals surface area contributed by atoms with Gasteiger partial charge < -0.3 is 4.57 Å². The zero-order valence-electron chi connectivity index (χ0n) is 7.63. The number of hydrogen-bond acceptors (Lipinski definition) is 2. The Labute approximate surface area is 84.7 Å². The van der Waals surface area contributed by atoms with Crippen LogP contribution in [0.3, 0.4) is 0 Å². The van der Waals surface area contributed by atoms with Crippen LogP contribution in [0.25, 0.3) is 5.69 Å². The van der Waals surface area contributed by atoms with Crippen LogP contribution in [0.5, 0.6) is 0 Å². The molecular formula is C10H7FN2O2. The molecule has 1 aromatic heterocycles. The third-order valence-corrected chi connectivity index (χ3v) is 2.02. The van der Waals surface area contributed by atoms with E-state index in [1.165, 1.54) is 12.1 Å². The van der Waals surface area contributed by atoms with Crippen molar-refractivity contribution < 1.29 is 9.31 Å². The predicted molar refractivity (Wildman–Crippen MR) is 52.4 cm³/mol. The van der Waals surface area contributed by atoms with Gasteiger partial charge in [-0.1, -0.05) is 0 Å². The molecule has 0 fully saturated rings. The zero-order chi connectivity index (χ0) is 10.8. The molecule has 1 aromatic carbocycles. The minimum Gasteiger partial charge on any atom is -0.321 e. The Kier molecular flexibility index (Phi) is 2.21. The van der Waals surface area contributed by atoms with Crippen LogP contribution in [0.15, 0.2) is 42.7 Å². The first-order valence-electron chi connectivity index (χ1n) is 4.26. The maximum Gasteiger partial charge on any atom is 0.272 e. The average Bonchev–Trinajstić information content (AvgIpc) is 2.70. The van der Waals surface area contributed by atoms with Gasteiger partial charge in [0.1, 0.15) is 0 Å². The van der Waals surface area contributed by atoms with E-state index in [9.17, 15) is 14.5 Å². The quantitative estimate of drug-likeness (QED) is 0.560. The van der Waals surface area contributed by atoms with Gasteiger partial charge in [-0.05, 0) is 18.2 Å². The summed E-state index contributed by atoms with van der Waals surface area (Å²) in [5.74, 6) is -0.611. The third-order valence-electron chi connectivity index (χ3n) is 2.02. The highest BCUT2D eigenvalue weighted by molar-refractivity contribution is 5.42. The number of halogens is 1. The van der Waals surface area contributed by atoms with Gasteiger partial charge in [-0.25, -0.2) is 4.39 Å². The first-order chi connectivity index (χ1) is 7.18. The van der Waals surface area contributed by atoms with E-state index in [4.69, 9.17) is 0 Å². The predicted octanol–water partition coefficient (Wildman–Crippen LogP) is 2.52. The normalized spacial score (nSPS) is 10.2. The van der Waals surface area contributed by atoms with Gasteiger partial charge in [-0.2, -0.15) is 0 Å². The van der Waals surface area contributed by atoms with Crippen molar-refractivity contribution in [3.63, 3.8) is 0 Å². The van der Waals surface area contributed by atoms with Crippen LogP contribution in [0.2, 0.25) is 0 Å². The monoisotopic (exact) mass is 206 g/mol. The van der Waals surface area contributed by atoms with Crippen LogP contribution in [0.1, 0.15) is 0 Å². The summed E-state index contributed by atoms with van der Waals surface area (Å²) < 4.78 is 15.0. The molecule has 0 aliphatic heterocycles. The lowest BCUT2D eigenvalue weighted by Gasteiger charge is -2.03. The maximum atomic E-state index is 13.4. The number of nitro groups is 1. The molecule has 0 bridgehead atoms. The zero-order valence-corrected chi connectivity index (χ0v) is 7.63. The fraction of sp³-hybridized carbons (Fsp3) is 0. The van der Waals surface area contributed by atoms with E-state index in [0.717, 1.165) is 6.07 Å². The van der Waals surface area contributed by atoms with Gasteiger partial charge in [0.25, 0.3) is 5.69 Å². The molecule has 1 heterocycles. The van der Waals surface area contributed by atoms with E-state index in [2.05, 4.69) is 0 Å². The van der Waals surface area contributed by atoms with Gasteiger partial charge >= 0.3 is 0 Å². The lowest BCUT2D eigenvalue weighted by molar-refractivity contribution is -0.385. The Bertz CT molecular complexity index is 494. The molecule has 0 spiro atoms. The molecule has 0 saturated carbocycles. The highest BCUT2D eigenvalue weighted by Crippen LogP contribution is 2.19. The fourth-order valence-corrected chi connectivity index (χ4v) is 1.31. The van der Waals surface area contributed by atoms with Gasteiger partial charge in [0, 0.05) is 18.5 Å². The number of rotatable bonds is 2. The second kappa shape index (κ2) is 3.53. The van der Waals surface area contributed by atoms with Crippen molar-refractivity contribution in [2.45, 2.75) is 0 Å². The van der Waals surface area contributed by atoms with E-state index < -0.39 is 10.7 Å². The van der Waals surface area contributed by atoms with Crippen molar-refractivity contribution in [3.05, 3.63) is 58.7 Å². The molecule has 76 valence electrons. The Morgan fingerprint density at radius 1 is 1.27 bits per heavy atom. The van der Waals surface area contributed by atoms with Crippen molar-refractivity contribution in [1.29, 1.82) is 0 Å². The molecule has 4 nitrogen and oxygen atoms in total. The first kappa shape index (κ1) is 9.39. The van der Waals surface area contributed by atoms with Crippen molar-refractivity contribution in [1.82, 2.24) is 4.57 Å². The molecular weight excluding hydrogens is 199 g/mol. The van der Waals surface area contributed by atoms with E-state index in [1.807, 2.05) is 0 Å². The maximum absolute atomic E-state index is 13.4. The van der Waals surface area contributed by atoms with E-state index in [0.29, 0.717) is 5.69 Å². The lowest BCUT2D eigenvalue weighted by atomic mass is 10.2. The SMILES string of the molecule is O=[N+]([O-])c1ccc(-n2cccc2)c(F)c1. The van der Waals surface area contributed by atoms with E-state index in [1.54, 1.807) is 29.1 Å². The van der Waals surface area contributed by atoms with E-state index in [-0.39, 0.29) is 5.69 Å². The van der Waals surface area contributed by atoms with Gasteiger partial charge in [0.2, 0.25) is 0 Å². The summed E-state index contributed by atoms with van der Waals surface area (Å²) in [5, 5.41) is 10.4. The van der Waals surface area contributed by atoms with Crippen molar-refractivity contribution in [2.75, 3.05) is 0 Å². The Morgan fingerprint density at radius 2 is 1.93 bits per heavy atom. The summed E-state index contributed by atoms with van der Waals surface area (Å²) in [6.45, 7) is 0. The van der Waals surface area contributed by atoms with Crippen LogP contribution in [0.4, 0.5) is 10.1 Å². The van der Waals surface area contributed by atoms with E-state index >= 15 is 0 Å². The molecule has 0 aliphatic rings. The summed E-state index contributed by atoms with van der Waals surface area (Å²) in [6.07, 6.45) is 3.34. The largest absolute Gasteiger partial charge is 0.321 e. The summed E-state index contributed by atoms with van der Waals surface area (Å²) in [7, 11) is 0. The molecule has 0 radical (unpaired) electrons. The van der Waals surface area contributed by atoms with Crippen LogP contribution in [0, 0.1) is 15.9 Å². The molecule has 0 N–H and O–H groups in total. The summed E-state index contributed by atoms with van der Waals surface area (Å²) in [6, 6.07) is 7.07. The van der Waals surface area contributed by atoms with Crippen LogP contribution < -0.4 is 0 Å². The summed E-state index contributed by atoms with van der Waals surface area (Å²) in [4.78, 5) is 9.76. The van der Waals surface area contributed by atoms with Gasteiger partial charge in [0.05, 0.1) is 16.7 Å². The molecule has 0 aliphatic carbocycles. The molecule has 0 atom stereocenters. The topological polar surface area (TPSA) is 48.1 Å². The highest BCUT2D eigenvalue weighted by atomic mass is 19.1. The summed E-state index contributed by atoms with van der Waals surface area (Å²) >= 11 is 0. The van der Waals surface area contributed by atoms with Crippen molar-refractivity contribution >= 4 is 5.69 Å². The average molecular weight is 206 g/mol. The number of nitrogens with zero attached hydrogens (tertiary/aromatic N) is 2. The molecule has 0 amide bonds. The van der Waals surface area contributed by atoms with Crippen molar-refractivity contribution in [2.24, 2.45) is 0 Å². The number of benzene rings is 1. The number of nitro benzene ring substituents is 1. The summed E-state index contributed by atoms with van der Waals surface area (Å²) in [5.41, 5.74) is 0.0500. The first-order valence-corrected chi connectivity index (χ1v) is 4.26. The van der Waals surface area contributed by atoms with Crippen LogP contribution in [-0.4, -0.2) is 9.49 Å². The van der Waals surface area contributed by atoms with Gasteiger partial charge in [-0.15, -0.1) is 0 Å². The fourth-order valence-electron chi connectivity index (χ4n) is 1.31. The lowest BCUT2D eigenvalue weighted by Crippen LogP contribution is -1.96. The van der Waals surface area contributed by atoms with Crippen LogP contribution in [-0.2, 0) is 0 Å². The minimum absolute atomic E-state index is 0.247. The second-order valence-electron chi connectivity index (χ2n) is 2.98. The Morgan fingerprint density at radius 3 is 2.47 bits per heavy atom. The third kappa shape index (κ3) is 1.71. The Balaban J connectivity index is 2.48. The number of aromatic nitrogens is 1. The number of hydrogen-bond donors (Lipinski definition) is 0. The molecule has 2 rings (SSSR count). The Hall–Kier alpha value is -2.17. The standard InChI is InChI=1S/C10H7FN2O2/c11-9-7-8(13(14)15)3-4-10(9)12-5-1-2-6-12/h1-7H. The van der Waals surface area contributed by atoms with Gasteiger partial charge in [0.15, 0.2) is 5.82 Å². The molecule has 5 heteroatoms. The van der Waals surface area contributed by atoms with Gasteiger partial charge in [-0.3, -0.25) is 10.1 Å². The molecule has 0 unspecified atom stereocenters. The number of non-ortho nitro benzene ring substituents is 1. The minimum atomic E-state index is -0.622. The van der Waals surface area contributed by atoms with Crippen molar-refractivity contribution in [3.8, 4) is 5.69 Å². The highest BCUT2D eigenvalue weighted by Gasteiger charge is 2.10. The smallest absolute Gasteiger partial charge is 0.272 e. The second-order valence-corrected chi connectivity index (χ2v) is 2.98.